The summed E-state index contributed by atoms with van der Waals surface area (Å²) < 4.78 is 6.35. The van der Waals surface area contributed by atoms with Crippen LogP contribution in [0.2, 0.25) is 0 Å². The lowest BCUT2D eigenvalue weighted by Crippen LogP contribution is -2.36. The van der Waals surface area contributed by atoms with Gasteiger partial charge in [0.25, 0.3) is 11.5 Å². The highest BCUT2D eigenvalue weighted by atomic mass is 16.5. The molecule has 2 aromatic rings. The molecule has 8 nitrogen and oxygen atoms in total. The first kappa shape index (κ1) is 19.2. The van der Waals surface area contributed by atoms with Crippen molar-refractivity contribution in [2.75, 3.05) is 26.0 Å². The molecule has 0 saturated heterocycles. The molecule has 0 unspecified atom stereocenters. The summed E-state index contributed by atoms with van der Waals surface area (Å²) in [7, 11) is 3.04. The number of benzene rings is 1. The zero-order valence-electron chi connectivity index (χ0n) is 15.1. The van der Waals surface area contributed by atoms with E-state index in [-0.39, 0.29) is 23.7 Å². The number of hydrogen-bond acceptors (Lipinski definition) is 5. The maximum atomic E-state index is 12.4. The van der Waals surface area contributed by atoms with Crippen LogP contribution in [0.3, 0.4) is 0 Å². The van der Waals surface area contributed by atoms with Crippen LogP contribution < -0.4 is 15.6 Å². The van der Waals surface area contributed by atoms with Gasteiger partial charge in [-0.2, -0.15) is 5.10 Å². The Balaban J connectivity index is 2.03. The molecule has 0 aliphatic heterocycles. The Hall–Kier alpha value is -3.16. The van der Waals surface area contributed by atoms with E-state index in [1.165, 1.54) is 28.8 Å². The van der Waals surface area contributed by atoms with Gasteiger partial charge in [-0.1, -0.05) is 13.0 Å². The zero-order chi connectivity index (χ0) is 19.1. The topological polar surface area (TPSA) is 93.5 Å². The van der Waals surface area contributed by atoms with Crippen molar-refractivity contribution in [2.45, 2.75) is 19.9 Å². The van der Waals surface area contributed by atoms with E-state index in [1.54, 1.807) is 31.4 Å². The van der Waals surface area contributed by atoms with Gasteiger partial charge in [0.1, 0.15) is 11.4 Å². The lowest BCUT2D eigenvalue weighted by atomic mass is 10.3. The Kier molecular flexibility index (Phi) is 6.48. The Bertz CT molecular complexity index is 847. The van der Waals surface area contributed by atoms with E-state index in [2.05, 4.69) is 10.4 Å². The largest absolute Gasteiger partial charge is 0.497 e. The molecule has 1 aromatic heterocycles. The maximum Gasteiger partial charge on any atom is 0.274 e. The number of methoxy groups -OCH3 is 1. The van der Waals surface area contributed by atoms with Gasteiger partial charge in [0.05, 0.1) is 13.7 Å². The lowest BCUT2D eigenvalue weighted by molar-refractivity contribution is -0.116. The summed E-state index contributed by atoms with van der Waals surface area (Å²) in [6.07, 6.45) is 0.726. The second-order valence-corrected chi connectivity index (χ2v) is 5.72. The quantitative estimate of drug-likeness (QED) is 0.807. The Labute approximate surface area is 151 Å². The van der Waals surface area contributed by atoms with Crippen molar-refractivity contribution in [1.29, 1.82) is 0 Å². The molecular formula is C18H22N4O4. The molecule has 2 rings (SSSR count). The van der Waals surface area contributed by atoms with E-state index in [9.17, 15) is 14.4 Å². The van der Waals surface area contributed by atoms with Gasteiger partial charge in [-0.3, -0.25) is 14.4 Å². The van der Waals surface area contributed by atoms with Crippen molar-refractivity contribution in [2.24, 2.45) is 0 Å². The SMILES string of the molecule is CCCn1nc(C(=O)N(C)CC(=O)Nc2cccc(OC)c2)ccc1=O. The fraction of sp³-hybridized carbons (Fsp3) is 0.333. The van der Waals surface area contributed by atoms with Crippen molar-refractivity contribution in [3.05, 3.63) is 52.4 Å². The summed E-state index contributed by atoms with van der Waals surface area (Å²) in [5.41, 5.74) is 0.432. The maximum absolute atomic E-state index is 12.4. The van der Waals surface area contributed by atoms with Gasteiger partial charge in [-0.05, 0) is 24.6 Å². The van der Waals surface area contributed by atoms with Crippen LogP contribution in [0.1, 0.15) is 23.8 Å². The summed E-state index contributed by atoms with van der Waals surface area (Å²) in [4.78, 5) is 37.5. The first-order chi connectivity index (χ1) is 12.4. The minimum absolute atomic E-state index is 0.120. The van der Waals surface area contributed by atoms with E-state index >= 15 is 0 Å². The second-order valence-electron chi connectivity index (χ2n) is 5.72. The molecule has 1 aromatic carbocycles. The van der Waals surface area contributed by atoms with Crippen molar-refractivity contribution in [3.63, 3.8) is 0 Å². The molecule has 0 saturated carbocycles. The van der Waals surface area contributed by atoms with E-state index < -0.39 is 5.91 Å². The van der Waals surface area contributed by atoms with Gasteiger partial charge < -0.3 is 15.0 Å². The standard InChI is InChI=1S/C18H22N4O4/c1-4-10-22-17(24)9-8-15(20-22)18(25)21(2)12-16(23)19-13-6-5-7-14(11-13)26-3/h5-9,11H,4,10,12H2,1-3H3,(H,19,23). The van der Waals surface area contributed by atoms with E-state index in [4.69, 9.17) is 4.74 Å². The number of rotatable bonds is 7. The number of nitrogens with one attached hydrogen (secondary N) is 1. The molecule has 0 atom stereocenters. The molecule has 0 bridgehead atoms. The number of likely N-dealkylation sites (N-methyl/N-ethyl adjacent to an activating group) is 1. The molecule has 1 N–H and O–H groups in total. The van der Waals surface area contributed by atoms with Crippen LogP contribution in [0.15, 0.2) is 41.2 Å². The monoisotopic (exact) mass is 358 g/mol. The van der Waals surface area contributed by atoms with Crippen molar-refractivity contribution < 1.29 is 14.3 Å². The molecule has 2 amide bonds. The lowest BCUT2D eigenvalue weighted by Gasteiger charge is -2.17. The first-order valence-electron chi connectivity index (χ1n) is 8.22. The third-order valence-corrected chi connectivity index (χ3v) is 3.60. The van der Waals surface area contributed by atoms with Gasteiger partial charge in [0, 0.05) is 31.4 Å². The highest BCUT2D eigenvalue weighted by molar-refractivity contribution is 5.98. The van der Waals surface area contributed by atoms with Crippen molar-refractivity contribution in [1.82, 2.24) is 14.7 Å². The molecule has 0 fully saturated rings. The number of nitrogens with zero attached hydrogens (tertiary/aromatic N) is 3. The van der Waals surface area contributed by atoms with Gasteiger partial charge in [-0.25, -0.2) is 4.68 Å². The van der Waals surface area contributed by atoms with Crippen LogP contribution in [-0.2, 0) is 11.3 Å². The van der Waals surface area contributed by atoms with Gasteiger partial charge in [0.15, 0.2) is 0 Å². The normalized spacial score (nSPS) is 10.3. The van der Waals surface area contributed by atoms with Gasteiger partial charge in [-0.15, -0.1) is 0 Å². The number of hydrogen-bond donors (Lipinski definition) is 1. The number of carbonyl (C=O) groups is 2. The molecule has 8 heteroatoms. The Morgan fingerprint density at radius 2 is 2.04 bits per heavy atom. The number of ether oxygens (including phenoxy) is 1. The smallest absolute Gasteiger partial charge is 0.274 e. The minimum Gasteiger partial charge on any atom is -0.497 e. The summed E-state index contributed by atoms with van der Waals surface area (Å²) in [6.45, 7) is 2.20. The van der Waals surface area contributed by atoms with Crippen LogP contribution in [0, 0.1) is 0 Å². The molecular weight excluding hydrogens is 336 g/mol. The van der Waals surface area contributed by atoms with Crippen molar-refractivity contribution in [3.8, 4) is 5.75 Å². The van der Waals surface area contributed by atoms with Gasteiger partial charge in [0.2, 0.25) is 5.91 Å². The predicted octanol–water partition coefficient (Wildman–Crippen LogP) is 1.37. The van der Waals surface area contributed by atoms with E-state index in [0.717, 1.165) is 6.42 Å². The molecule has 0 aliphatic carbocycles. The Morgan fingerprint density at radius 3 is 2.73 bits per heavy atom. The number of carbonyl (C=O) groups excluding carboxylic acids is 2. The van der Waals surface area contributed by atoms with Gasteiger partial charge >= 0.3 is 0 Å². The second kappa shape index (κ2) is 8.80. The summed E-state index contributed by atoms with van der Waals surface area (Å²) in [5.74, 6) is -0.166. The molecule has 0 spiro atoms. The van der Waals surface area contributed by atoms with Crippen LogP contribution in [-0.4, -0.2) is 47.2 Å². The van der Waals surface area contributed by atoms with Crippen molar-refractivity contribution >= 4 is 17.5 Å². The molecule has 1 heterocycles. The third-order valence-electron chi connectivity index (χ3n) is 3.60. The van der Waals surface area contributed by atoms with Crippen LogP contribution >= 0.6 is 0 Å². The average molecular weight is 358 g/mol. The molecule has 138 valence electrons. The van der Waals surface area contributed by atoms with Crippen LogP contribution in [0.5, 0.6) is 5.75 Å². The zero-order valence-corrected chi connectivity index (χ0v) is 15.1. The molecule has 0 radical (unpaired) electrons. The highest BCUT2D eigenvalue weighted by Crippen LogP contribution is 2.16. The average Bonchev–Trinajstić information content (AvgIpc) is 2.63. The van der Waals surface area contributed by atoms with E-state index in [1.807, 2.05) is 6.92 Å². The highest BCUT2D eigenvalue weighted by Gasteiger charge is 2.17. The number of aromatic nitrogens is 2. The number of anilines is 1. The number of aryl methyl sites for hydroxylation is 1. The first-order valence-corrected chi connectivity index (χ1v) is 8.22. The Morgan fingerprint density at radius 1 is 1.27 bits per heavy atom. The van der Waals surface area contributed by atoms with Crippen LogP contribution in [0.25, 0.3) is 0 Å². The fourth-order valence-electron chi connectivity index (χ4n) is 2.32. The predicted molar refractivity (Wildman–Crippen MR) is 97.4 cm³/mol. The summed E-state index contributed by atoms with van der Waals surface area (Å²) >= 11 is 0. The minimum atomic E-state index is -0.435. The number of amides is 2. The molecule has 26 heavy (non-hydrogen) atoms. The third kappa shape index (κ3) is 4.92. The van der Waals surface area contributed by atoms with E-state index in [0.29, 0.717) is 18.0 Å². The summed E-state index contributed by atoms with van der Waals surface area (Å²) in [5, 5.41) is 6.77. The van der Waals surface area contributed by atoms with Crippen LogP contribution in [0.4, 0.5) is 5.69 Å². The summed E-state index contributed by atoms with van der Waals surface area (Å²) in [6, 6.07) is 9.60. The fourth-order valence-corrected chi connectivity index (χ4v) is 2.32. The molecule has 0 aliphatic rings.